The fraction of sp³-hybridized carbons (Fsp3) is 0.333. The highest BCUT2D eigenvalue weighted by molar-refractivity contribution is 5.96. The molecule has 62 valence electrons. The Hall–Kier alpha value is -1.38. The second kappa shape index (κ2) is 2.59. The second-order valence-electron chi connectivity index (χ2n) is 3.00. The van der Waals surface area contributed by atoms with Crippen molar-refractivity contribution in [2.75, 3.05) is 0 Å². The summed E-state index contributed by atoms with van der Waals surface area (Å²) in [4.78, 5) is 21.7. The third-order valence-electron chi connectivity index (χ3n) is 2.14. The van der Waals surface area contributed by atoms with Crippen molar-refractivity contribution in [3.63, 3.8) is 0 Å². The molecule has 2 heterocycles. The van der Waals surface area contributed by atoms with Gasteiger partial charge in [0.25, 0.3) is 0 Å². The van der Waals surface area contributed by atoms with E-state index in [0.29, 0.717) is 17.7 Å². The van der Waals surface area contributed by atoms with Crippen LogP contribution in [0.3, 0.4) is 0 Å². The number of rotatable bonds is 1. The zero-order valence-corrected chi connectivity index (χ0v) is 6.62. The average Bonchev–Trinajstić information content (AvgIpc) is 2.49. The van der Waals surface area contributed by atoms with Gasteiger partial charge in [0.1, 0.15) is 0 Å². The van der Waals surface area contributed by atoms with E-state index in [-0.39, 0.29) is 5.78 Å². The normalized spacial score (nSPS) is 15.8. The maximum atomic E-state index is 11.3. The van der Waals surface area contributed by atoms with E-state index in [9.17, 15) is 9.59 Å². The van der Waals surface area contributed by atoms with Crippen LogP contribution in [0.25, 0.3) is 0 Å². The molecular formula is C9H9NO2. The number of Topliss-reactive ketones (excluding diaryl/α,β-unsaturated/α-hetero) is 1. The number of carbonyl (C=O) groups is 2. The SMILES string of the molecule is O=Cc1cc2n(c1)CCCC2=O. The van der Waals surface area contributed by atoms with Crippen LogP contribution in [0.5, 0.6) is 0 Å². The van der Waals surface area contributed by atoms with Crippen molar-refractivity contribution in [1.82, 2.24) is 4.57 Å². The molecule has 0 radical (unpaired) electrons. The van der Waals surface area contributed by atoms with Crippen LogP contribution < -0.4 is 0 Å². The van der Waals surface area contributed by atoms with Gasteiger partial charge in [0, 0.05) is 24.7 Å². The topological polar surface area (TPSA) is 39.1 Å². The molecule has 0 saturated carbocycles. The van der Waals surface area contributed by atoms with Crippen molar-refractivity contribution >= 4 is 12.1 Å². The summed E-state index contributed by atoms with van der Waals surface area (Å²) < 4.78 is 1.86. The number of carbonyl (C=O) groups excluding carboxylic acids is 2. The van der Waals surface area contributed by atoms with Crippen LogP contribution in [0, 0.1) is 0 Å². The predicted molar refractivity (Wildman–Crippen MR) is 43.4 cm³/mol. The Kier molecular flexibility index (Phi) is 1.57. The van der Waals surface area contributed by atoms with Crippen LogP contribution in [-0.2, 0) is 6.54 Å². The minimum Gasteiger partial charge on any atom is -0.344 e. The molecule has 0 unspecified atom stereocenters. The van der Waals surface area contributed by atoms with Gasteiger partial charge in [-0.1, -0.05) is 0 Å². The third-order valence-corrected chi connectivity index (χ3v) is 2.14. The smallest absolute Gasteiger partial charge is 0.179 e. The molecule has 3 heteroatoms. The molecule has 0 aromatic carbocycles. The van der Waals surface area contributed by atoms with Crippen molar-refractivity contribution in [1.29, 1.82) is 0 Å². The summed E-state index contributed by atoms with van der Waals surface area (Å²) >= 11 is 0. The summed E-state index contributed by atoms with van der Waals surface area (Å²) in [6.07, 6.45) is 4.01. The van der Waals surface area contributed by atoms with Gasteiger partial charge in [0.15, 0.2) is 12.1 Å². The van der Waals surface area contributed by atoms with Gasteiger partial charge >= 0.3 is 0 Å². The summed E-state index contributed by atoms with van der Waals surface area (Å²) in [7, 11) is 0. The fourth-order valence-corrected chi connectivity index (χ4v) is 1.56. The molecule has 0 atom stereocenters. The molecule has 0 amide bonds. The highest BCUT2D eigenvalue weighted by atomic mass is 16.1. The van der Waals surface area contributed by atoms with Gasteiger partial charge in [-0.3, -0.25) is 9.59 Å². The van der Waals surface area contributed by atoms with E-state index in [1.54, 1.807) is 12.3 Å². The van der Waals surface area contributed by atoms with Crippen LogP contribution in [-0.4, -0.2) is 16.6 Å². The van der Waals surface area contributed by atoms with E-state index in [1.165, 1.54) is 0 Å². The molecule has 1 aromatic heterocycles. The quantitative estimate of drug-likeness (QED) is 0.585. The molecule has 2 rings (SSSR count). The van der Waals surface area contributed by atoms with Gasteiger partial charge in [-0.15, -0.1) is 0 Å². The molecule has 0 bridgehead atoms. The maximum Gasteiger partial charge on any atom is 0.179 e. The molecule has 0 aliphatic carbocycles. The van der Waals surface area contributed by atoms with Gasteiger partial charge in [-0.25, -0.2) is 0 Å². The van der Waals surface area contributed by atoms with Crippen molar-refractivity contribution in [3.05, 3.63) is 23.5 Å². The van der Waals surface area contributed by atoms with Crippen LogP contribution in [0.4, 0.5) is 0 Å². The van der Waals surface area contributed by atoms with Crippen molar-refractivity contribution < 1.29 is 9.59 Å². The Balaban J connectivity index is 2.50. The lowest BCUT2D eigenvalue weighted by molar-refractivity contribution is 0.0955. The number of aromatic nitrogens is 1. The van der Waals surface area contributed by atoms with Gasteiger partial charge in [0.2, 0.25) is 0 Å². The van der Waals surface area contributed by atoms with Crippen molar-refractivity contribution in [2.24, 2.45) is 0 Å². The van der Waals surface area contributed by atoms with E-state index in [4.69, 9.17) is 0 Å². The van der Waals surface area contributed by atoms with E-state index in [1.807, 2.05) is 4.57 Å². The zero-order valence-electron chi connectivity index (χ0n) is 6.62. The highest BCUT2D eigenvalue weighted by Gasteiger charge is 2.17. The van der Waals surface area contributed by atoms with Crippen molar-refractivity contribution in [2.45, 2.75) is 19.4 Å². The highest BCUT2D eigenvalue weighted by Crippen LogP contribution is 2.16. The monoisotopic (exact) mass is 163 g/mol. The van der Waals surface area contributed by atoms with Crippen LogP contribution in [0.15, 0.2) is 12.3 Å². The lowest BCUT2D eigenvalue weighted by Crippen LogP contribution is -2.14. The lowest BCUT2D eigenvalue weighted by Gasteiger charge is -2.12. The third kappa shape index (κ3) is 0.978. The molecular weight excluding hydrogens is 154 g/mol. The molecule has 3 nitrogen and oxygen atoms in total. The summed E-state index contributed by atoms with van der Waals surface area (Å²) in [5, 5.41) is 0. The first kappa shape index (κ1) is 7.28. The van der Waals surface area contributed by atoms with Crippen LogP contribution in [0.2, 0.25) is 0 Å². The first-order chi connectivity index (χ1) is 5.81. The Morgan fingerprint density at radius 3 is 3.00 bits per heavy atom. The number of nitrogens with zero attached hydrogens (tertiary/aromatic N) is 1. The van der Waals surface area contributed by atoms with Crippen molar-refractivity contribution in [3.8, 4) is 0 Å². The molecule has 0 saturated heterocycles. The number of hydrogen-bond donors (Lipinski definition) is 0. The molecule has 1 aliphatic rings. The number of hydrogen-bond acceptors (Lipinski definition) is 2. The number of aldehydes is 1. The minimum absolute atomic E-state index is 0.148. The minimum atomic E-state index is 0.148. The fourth-order valence-electron chi connectivity index (χ4n) is 1.56. The molecule has 1 aliphatic heterocycles. The largest absolute Gasteiger partial charge is 0.344 e. The van der Waals surface area contributed by atoms with E-state index in [0.717, 1.165) is 19.3 Å². The Morgan fingerprint density at radius 1 is 1.50 bits per heavy atom. The first-order valence-electron chi connectivity index (χ1n) is 4.00. The van der Waals surface area contributed by atoms with Crippen LogP contribution in [0.1, 0.15) is 33.7 Å². The second-order valence-corrected chi connectivity index (χ2v) is 3.00. The molecule has 0 fully saturated rings. The lowest BCUT2D eigenvalue weighted by atomic mass is 10.1. The van der Waals surface area contributed by atoms with Gasteiger partial charge in [-0.05, 0) is 12.5 Å². The number of ketones is 1. The number of aryl methyl sites for hydroxylation is 1. The maximum absolute atomic E-state index is 11.3. The predicted octanol–water partition coefficient (Wildman–Crippen LogP) is 1.28. The molecule has 0 spiro atoms. The van der Waals surface area contributed by atoms with E-state index in [2.05, 4.69) is 0 Å². The molecule has 12 heavy (non-hydrogen) atoms. The summed E-state index contributed by atoms with van der Waals surface area (Å²) in [6.45, 7) is 0.856. The summed E-state index contributed by atoms with van der Waals surface area (Å²) in [6, 6.07) is 1.66. The van der Waals surface area contributed by atoms with Gasteiger partial charge in [-0.2, -0.15) is 0 Å². The van der Waals surface area contributed by atoms with Crippen LogP contribution >= 0.6 is 0 Å². The molecule has 1 aromatic rings. The first-order valence-corrected chi connectivity index (χ1v) is 4.00. The Bertz CT molecular complexity index is 338. The summed E-state index contributed by atoms with van der Waals surface area (Å²) in [5.74, 6) is 0.148. The van der Waals surface area contributed by atoms with E-state index < -0.39 is 0 Å². The van der Waals surface area contributed by atoms with Gasteiger partial charge in [0.05, 0.1) is 5.69 Å². The van der Waals surface area contributed by atoms with Gasteiger partial charge < -0.3 is 4.57 Å². The Morgan fingerprint density at radius 2 is 2.33 bits per heavy atom. The number of fused-ring (bicyclic) bond motifs is 1. The summed E-state index contributed by atoms with van der Waals surface area (Å²) in [5.41, 5.74) is 1.28. The zero-order chi connectivity index (χ0) is 8.55. The van der Waals surface area contributed by atoms with E-state index >= 15 is 0 Å². The average molecular weight is 163 g/mol. The molecule has 0 N–H and O–H groups in total. The Labute approximate surface area is 70.0 Å². The standard InChI is InChI=1S/C9H9NO2/c11-6-7-4-8-9(12)2-1-3-10(8)5-7/h4-6H,1-3H2.